The number of carbonyl (C=O) groups is 1. The van der Waals surface area contributed by atoms with Crippen molar-refractivity contribution in [3.05, 3.63) is 84.4 Å². The van der Waals surface area contributed by atoms with Gasteiger partial charge in [-0.05, 0) is 79.8 Å². The van der Waals surface area contributed by atoms with E-state index in [2.05, 4.69) is 10.6 Å². The van der Waals surface area contributed by atoms with Gasteiger partial charge in [0.15, 0.2) is 5.11 Å². The number of carbonyl (C=O) groups excluding carboxylic acids is 1. The van der Waals surface area contributed by atoms with Gasteiger partial charge >= 0.3 is 5.97 Å². The minimum absolute atomic E-state index is 0.340. The molecule has 0 spiro atoms. The van der Waals surface area contributed by atoms with Crippen LogP contribution in [0.2, 0.25) is 0 Å². The summed E-state index contributed by atoms with van der Waals surface area (Å²) in [6.07, 6.45) is 0. The van der Waals surface area contributed by atoms with Gasteiger partial charge in [-0.15, -0.1) is 0 Å². The quantitative estimate of drug-likeness (QED) is 0.429. The first-order valence-corrected chi connectivity index (χ1v) is 9.23. The number of rotatable bonds is 6. The minimum atomic E-state index is -0.340. The van der Waals surface area contributed by atoms with Crippen LogP contribution in [0.1, 0.15) is 17.3 Å². The number of thiocarbonyl (C=S) groups is 1. The van der Waals surface area contributed by atoms with Gasteiger partial charge in [-0.25, -0.2) is 4.79 Å². The van der Waals surface area contributed by atoms with Crippen molar-refractivity contribution in [2.45, 2.75) is 6.92 Å². The van der Waals surface area contributed by atoms with Crippen LogP contribution in [0.4, 0.5) is 11.4 Å². The molecular weight excluding hydrogens is 372 g/mol. The maximum absolute atomic E-state index is 11.7. The van der Waals surface area contributed by atoms with E-state index in [0.29, 0.717) is 17.3 Å². The minimum Gasteiger partial charge on any atom is -0.462 e. The van der Waals surface area contributed by atoms with Gasteiger partial charge in [-0.2, -0.15) is 0 Å². The first-order chi connectivity index (χ1) is 13.6. The molecule has 2 N–H and O–H groups in total. The fraction of sp³-hybridized carbons (Fsp3) is 0.0909. The van der Waals surface area contributed by atoms with E-state index in [9.17, 15) is 4.79 Å². The van der Waals surface area contributed by atoms with Crippen LogP contribution < -0.4 is 15.4 Å². The Bertz CT molecular complexity index is 926. The highest BCUT2D eigenvalue weighted by atomic mass is 32.1. The molecule has 0 bridgehead atoms. The summed E-state index contributed by atoms with van der Waals surface area (Å²) in [5.41, 5.74) is 2.11. The highest BCUT2D eigenvalue weighted by Gasteiger charge is 2.06. The standard InChI is InChI=1S/C22H20N2O3S/c1-2-26-21(25)16-8-10-17(11-9-16)23-22(28)24-18-12-14-20(15-13-18)27-19-6-4-3-5-7-19/h3-15H,2H2,1H3,(H2,23,24,28). The molecule has 0 aromatic heterocycles. The average molecular weight is 392 g/mol. The molecule has 142 valence electrons. The zero-order valence-corrected chi connectivity index (χ0v) is 16.2. The lowest BCUT2D eigenvalue weighted by Crippen LogP contribution is -2.19. The fourth-order valence-corrected chi connectivity index (χ4v) is 2.66. The number of nitrogens with one attached hydrogen (secondary N) is 2. The molecule has 6 heteroatoms. The Labute approximate surface area is 169 Å². The molecule has 0 aliphatic carbocycles. The molecule has 0 saturated heterocycles. The van der Waals surface area contributed by atoms with Crippen LogP contribution in [0.3, 0.4) is 0 Å². The number of hydrogen-bond donors (Lipinski definition) is 2. The van der Waals surface area contributed by atoms with E-state index in [1.165, 1.54) is 0 Å². The number of esters is 1. The van der Waals surface area contributed by atoms with E-state index < -0.39 is 0 Å². The smallest absolute Gasteiger partial charge is 0.338 e. The van der Waals surface area contributed by atoms with Crippen LogP contribution in [-0.2, 0) is 4.74 Å². The van der Waals surface area contributed by atoms with Crippen LogP contribution >= 0.6 is 12.2 Å². The molecule has 0 amide bonds. The topological polar surface area (TPSA) is 59.6 Å². The third kappa shape index (κ3) is 5.56. The molecule has 0 radical (unpaired) electrons. The van der Waals surface area contributed by atoms with Gasteiger partial charge < -0.3 is 20.1 Å². The summed E-state index contributed by atoms with van der Waals surface area (Å²) in [5.74, 6) is 1.18. The van der Waals surface area contributed by atoms with E-state index in [1.54, 1.807) is 31.2 Å². The van der Waals surface area contributed by atoms with Gasteiger partial charge in [0, 0.05) is 11.4 Å². The maximum Gasteiger partial charge on any atom is 0.338 e. The van der Waals surface area contributed by atoms with Crippen LogP contribution in [0.5, 0.6) is 11.5 Å². The van der Waals surface area contributed by atoms with Crippen molar-refractivity contribution in [3.63, 3.8) is 0 Å². The Kier molecular flexibility index (Phi) is 6.59. The molecule has 0 atom stereocenters. The monoisotopic (exact) mass is 392 g/mol. The van der Waals surface area contributed by atoms with Crippen molar-refractivity contribution in [3.8, 4) is 11.5 Å². The Balaban J connectivity index is 1.54. The second-order valence-corrected chi connectivity index (χ2v) is 6.22. The molecule has 0 heterocycles. The van der Waals surface area contributed by atoms with Crippen LogP contribution in [-0.4, -0.2) is 17.7 Å². The van der Waals surface area contributed by atoms with Crippen LogP contribution in [0.25, 0.3) is 0 Å². The summed E-state index contributed by atoms with van der Waals surface area (Å²) < 4.78 is 10.7. The number of ether oxygens (including phenoxy) is 2. The third-order valence-electron chi connectivity index (χ3n) is 3.74. The first-order valence-electron chi connectivity index (χ1n) is 8.82. The molecule has 0 saturated carbocycles. The van der Waals surface area contributed by atoms with E-state index >= 15 is 0 Å². The zero-order valence-electron chi connectivity index (χ0n) is 15.3. The van der Waals surface area contributed by atoms with Gasteiger partial charge in [0.05, 0.1) is 12.2 Å². The van der Waals surface area contributed by atoms with E-state index in [0.717, 1.165) is 22.9 Å². The summed E-state index contributed by atoms with van der Waals surface area (Å²) in [5, 5.41) is 6.64. The van der Waals surface area contributed by atoms with Crippen molar-refractivity contribution >= 4 is 34.7 Å². The number of anilines is 2. The Morgan fingerprint density at radius 2 is 1.36 bits per heavy atom. The summed E-state index contributed by atoms with van der Waals surface area (Å²) in [7, 11) is 0. The molecule has 28 heavy (non-hydrogen) atoms. The number of para-hydroxylation sites is 1. The lowest BCUT2D eigenvalue weighted by Gasteiger charge is -2.12. The molecule has 3 aromatic rings. The van der Waals surface area contributed by atoms with Crippen molar-refractivity contribution in [1.82, 2.24) is 0 Å². The van der Waals surface area contributed by atoms with Crippen LogP contribution in [0.15, 0.2) is 78.9 Å². The summed E-state index contributed by atoms with van der Waals surface area (Å²) in [6, 6.07) is 24.0. The van der Waals surface area contributed by atoms with Crippen molar-refractivity contribution in [2.75, 3.05) is 17.2 Å². The molecule has 0 aliphatic rings. The van der Waals surface area contributed by atoms with Gasteiger partial charge in [0.1, 0.15) is 11.5 Å². The molecular formula is C22H20N2O3S. The summed E-state index contributed by atoms with van der Waals surface area (Å²) in [6.45, 7) is 2.13. The van der Waals surface area contributed by atoms with Crippen molar-refractivity contribution in [1.29, 1.82) is 0 Å². The van der Waals surface area contributed by atoms with E-state index in [-0.39, 0.29) is 5.97 Å². The summed E-state index contributed by atoms with van der Waals surface area (Å²) in [4.78, 5) is 11.7. The molecule has 0 unspecified atom stereocenters. The Hall–Kier alpha value is -3.38. The number of benzene rings is 3. The second kappa shape index (κ2) is 9.53. The predicted octanol–water partition coefficient (Wildman–Crippen LogP) is 5.46. The van der Waals surface area contributed by atoms with Crippen LogP contribution in [0, 0.1) is 0 Å². The lowest BCUT2D eigenvalue weighted by atomic mass is 10.2. The third-order valence-corrected chi connectivity index (χ3v) is 3.95. The fourth-order valence-electron chi connectivity index (χ4n) is 2.43. The average Bonchev–Trinajstić information content (AvgIpc) is 2.71. The van der Waals surface area contributed by atoms with E-state index in [4.69, 9.17) is 21.7 Å². The zero-order chi connectivity index (χ0) is 19.8. The number of hydrogen-bond acceptors (Lipinski definition) is 4. The Morgan fingerprint density at radius 3 is 1.93 bits per heavy atom. The van der Waals surface area contributed by atoms with Crippen molar-refractivity contribution < 1.29 is 14.3 Å². The molecule has 3 rings (SSSR count). The molecule has 0 fully saturated rings. The normalized spacial score (nSPS) is 10.0. The van der Waals surface area contributed by atoms with Gasteiger partial charge in [-0.1, -0.05) is 18.2 Å². The highest BCUT2D eigenvalue weighted by Crippen LogP contribution is 2.22. The SMILES string of the molecule is CCOC(=O)c1ccc(NC(=S)Nc2ccc(Oc3ccccc3)cc2)cc1. The van der Waals surface area contributed by atoms with Gasteiger partial charge in [0.2, 0.25) is 0 Å². The van der Waals surface area contributed by atoms with Gasteiger partial charge in [-0.3, -0.25) is 0 Å². The molecule has 5 nitrogen and oxygen atoms in total. The Morgan fingerprint density at radius 1 is 0.821 bits per heavy atom. The second-order valence-electron chi connectivity index (χ2n) is 5.82. The summed E-state index contributed by atoms with van der Waals surface area (Å²) >= 11 is 5.34. The molecule has 3 aromatic carbocycles. The predicted molar refractivity (Wildman–Crippen MR) is 115 cm³/mol. The molecule has 0 aliphatic heterocycles. The van der Waals surface area contributed by atoms with Crippen molar-refractivity contribution in [2.24, 2.45) is 0 Å². The highest BCUT2D eigenvalue weighted by molar-refractivity contribution is 7.80. The first kappa shape index (κ1) is 19.4. The van der Waals surface area contributed by atoms with E-state index in [1.807, 2.05) is 54.6 Å². The lowest BCUT2D eigenvalue weighted by molar-refractivity contribution is 0.0526. The van der Waals surface area contributed by atoms with Gasteiger partial charge in [0.25, 0.3) is 0 Å². The largest absolute Gasteiger partial charge is 0.462 e. The maximum atomic E-state index is 11.7.